The average molecular weight is 322 g/mol. The summed E-state index contributed by atoms with van der Waals surface area (Å²) >= 11 is 7.33. The van der Waals surface area contributed by atoms with Crippen molar-refractivity contribution in [3.63, 3.8) is 0 Å². The number of fused-ring (bicyclic) bond motifs is 1. The van der Waals surface area contributed by atoms with E-state index in [1.54, 1.807) is 4.52 Å². The number of hydrogen-bond donors (Lipinski definition) is 0. The Morgan fingerprint density at radius 1 is 1.38 bits per heavy atom. The molecule has 1 aromatic carbocycles. The van der Waals surface area contributed by atoms with Gasteiger partial charge in [0.15, 0.2) is 5.82 Å². The maximum Gasteiger partial charge on any atom is 0.310 e. The SMILES string of the molecule is COC(=O)Cc1sc2nc(-c3ccc(Cl)cc3)nn2c1C. The van der Waals surface area contributed by atoms with Crippen molar-refractivity contribution in [1.82, 2.24) is 14.6 Å². The monoisotopic (exact) mass is 321 g/mol. The highest BCUT2D eigenvalue weighted by Crippen LogP contribution is 2.26. The molecule has 0 unspecified atom stereocenters. The second-order valence-electron chi connectivity index (χ2n) is 4.50. The molecule has 0 N–H and O–H groups in total. The predicted molar refractivity (Wildman–Crippen MR) is 81.8 cm³/mol. The van der Waals surface area contributed by atoms with Crippen LogP contribution in [0.25, 0.3) is 16.3 Å². The number of carbonyl (C=O) groups excluding carboxylic acids is 1. The second-order valence-corrected chi connectivity index (χ2v) is 6.00. The molecule has 0 aliphatic rings. The molecule has 0 aliphatic carbocycles. The van der Waals surface area contributed by atoms with Gasteiger partial charge in [-0.05, 0) is 31.2 Å². The number of methoxy groups -OCH3 is 1. The predicted octanol–water partition coefficient (Wildman–Crippen LogP) is 3.14. The number of thiazole rings is 1. The van der Waals surface area contributed by atoms with Crippen LogP contribution in [0.4, 0.5) is 0 Å². The van der Waals surface area contributed by atoms with E-state index >= 15 is 0 Å². The van der Waals surface area contributed by atoms with Crippen LogP contribution >= 0.6 is 22.9 Å². The van der Waals surface area contributed by atoms with Crippen LogP contribution in [0.15, 0.2) is 24.3 Å². The number of nitrogens with zero attached hydrogens (tertiary/aromatic N) is 3. The van der Waals surface area contributed by atoms with Gasteiger partial charge in [-0.3, -0.25) is 4.79 Å². The number of esters is 1. The summed E-state index contributed by atoms with van der Waals surface area (Å²) in [7, 11) is 1.38. The zero-order chi connectivity index (χ0) is 15.0. The molecule has 2 heterocycles. The Balaban J connectivity index is 1.98. The van der Waals surface area contributed by atoms with Gasteiger partial charge in [-0.1, -0.05) is 22.9 Å². The summed E-state index contributed by atoms with van der Waals surface area (Å²) in [6.45, 7) is 1.92. The third-order valence-corrected chi connectivity index (χ3v) is 4.53. The molecule has 0 bridgehead atoms. The van der Waals surface area contributed by atoms with Crippen LogP contribution in [-0.4, -0.2) is 27.7 Å². The molecule has 0 amide bonds. The number of halogens is 1. The van der Waals surface area contributed by atoms with E-state index in [9.17, 15) is 4.79 Å². The normalized spacial score (nSPS) is 11.0. The molecule has 108 valence electrons. The lowest BCUT2D eigenvalue weighted by atomic mass is 10.2. The Hall–Kier alpha value is -1.92. The van der Waals surface area contributed by atoms with Gasteiger partial charge in [0.05, 0.1) is 19.2 Å². The van der Waals surface area contributed by atoms with Gasteiger partial charge >= 0.3 is 5.97 Å². The summed E-state index contributed by atoms with van der Waals surface area (Å²) in [6.07, 6.45) is 0.244. The summed E-state index contributed by atoms with van der Waals surface area (Å²) in [6, 6.07) is 7.38. The van der Waals surface area contributed by atoms with E-state index in [0.29, 0.717) is 10.8 Å². The number of ether oxygens (including phenoxy) is 1. The van der Waals surface area contributed by atoms with E-state index in [-0.39, 0.29) is 12.4 Å². The molecule has 7 heteroatoms. The van der Waals surface area contributed by atoms with E-state index in [4.69, 9.17) is 16.3 Å². The van der Waals surface area contributed by atoms with Crippen LogP contribution in [0.1, 0.15) is 10.6 Å². The summed E-state index contributed by atoms with van der Waals surface area (Å²) in [5.41, 5.74) is 1.82. The fraction of sp³-hybridized carbons (Fsp3) is 0.214. The third-order valence-electron chi connectivity index (χ3n) is 3.15. The van der Waals surface area contributed by atoms with Gasteiger partial charge < -0.3 is 4.74 Å². The molecule has 0 radical (unpaired) electrons. The fourth-order valence-corrected chi connectivity index (χ4v) is 3.14. The van der Waals surface area contributed by atoms with Gasteiger partial charge in [-0.15, -0.1) is 5.10 Å². The number of benzene rings is 1. The largest absolute Gasteiger partial charge is 0.469 e. The topological polar surface area (TPSA) is 56.5 Å². The first-order valence-corrected chi connectivity index (χ1v) is 7.45. The minimum atomic E-state index is -0.263. The van der Waals surface area contributed by atoms with Crippen molar-refractivity contribution in [1.29, 1.82) is 0 Å². The first-order chi connectivity index (χ1) is 10.1. The molecule has 0 fully saturated rings. The van der Waals surface area contributed by atoms with Crippen molar-refractivity contribution in [2.75, 3.05) is 7.11 Å². The van der Waals surface area contributed by atoms with Crippen molar-refractivity contribution < 1.29 is 9.53 Å². The van der Waals surface area contributed by atoms with Gasteiger partial charge in [-0.2, -0.15) is 4.98 Å². The fourth-order valence-electron chi connectivity index (χ4n) is 1.97. The highest BCUT2D eigenvalue weighted by molar-refractivity contribution is 7.17. The van der Waals surface area contributed by atoms with Crippen LogP contribution < -0.4 is 0 Å². The summed E-state index contributed by atoms with van der Waals surface area (Å²) < 4.78 is 6.45. The number of carbonyl (C=O) groups is 1. The Bertz CT molecular complexity index is 808. The van der Waals surface area contributed by atoms with Crippen LogP contribution in [0, 0.1) is 6.92 Å². The molecule has 5 nitrogen and oxygen atoms in total. The standard InChI is InChI=1S/C14H12ClN3O2S/c1-8-11(7-12(19)20-2)21-14-16-13(17-18(8)14)9-3-5-10(15)6-4-9/h3-6H,7H2,1-2H3. The molecule has 0 saturated heterocycles. The van der Waals surface area contributed by atoms with E-state index < -0.39 is 0 Å². The molecule has 21 heavy (non-hydrogen) atoms. The van der Waals surface area contributed by atoms with Gasteiger partial charge in [-0.25, -0.2) is 4.52 Å². The average Bonchev–Trinajstić information content (AvgIpc) is 3.00. The Morgan fingerprint density at radius 2 is 2.10 bits per heavy atom. The first-order valence-electron chi connectivity index (χ1n) is 6.26. The number of aromatic nitrogens is 3. The summed E-state index contributed by atoms with van der Waals surface area (Å²) in [5.74, 6) is 0.381. The molecule has 0 aliphatic heterocycles. The van der Waals surface area contributed by atoms with Crippen molar-refractivity contribution in [2.24, 2.45) is 0 Å². The minimum Gasteiger partial charge on any atom is -0.469 e. The maximum atomic E-state index is 11.4. The van der Waals surface area contributed by atoms with E-state index in [1.165, 1.54) is 18.4 Å². The molecule has 3 rings (SSSR count). The zero-order valence-electron chi connectivity index (χ0n) is 11.5. The molecule has 2 aromatic heterocycles. The third kappa shape index (κ3) is 2.64. The van der Waals surface area contributed by atoms with Gasteiger partial charge in [0.1, 0.15) is 0 Å². The zero-order valence-corrected chi connectivity index (χ0v) is 13.0. The summed E-state index contributed by atoms with van der Waals surface area (Å²) in [5, 5.41) is 5.16. The van der Waals surface area contributed by atoms with Crippen molar-refractivity contribution in [3.05, 3.63) is 39.9 Å². The van der Waals surface area contributed by atoms with Gasteiger partial charge in [0.25, 0.3) is 0 Å². The number of hydrogen-bond acceptors (Lipinski definition) is 5. The van der Waals surface area contributed by atoms with E-state index in [2.05, 4.69) is 10.1 Å². The molecular weight excluding hydrogens is 310 g/mol. The van der Waals surface area contributed by atoms with Gasteiger partial charge in [0.2, 0.25) is 4.96 Å². The lowest BCUT2D eigenvalue weighted by molar-refractivity contribution is -0.139. The van der Waals surface area contributed by atoms with Crippen LogP contribution in [0.5, 0.6) is 0 Å². The van der Waals surface area contributed by atoms with Gasteiger partial charge in [0, 0.05) is 15.5 Å². The number of aryl methyl sites for hydroxylation is 1. The lowest BCUT2D eigenvalue weighted by Crippen LogP contribution is -2.04. The smallest absolute Gasteiger partial charge is 0.310 e. The second kappa shape index (κ2) is 5.46. The van der Waals surface area contributed by atoms with Crippen molar-refractivity contribution >= 4 is 33.9 Å². The van der Waals surface area contributed by atoms with Crippen LogP contribution in [-0.2, 0) is 16.0 Å². The minimum absolute atomic E-state index is 0.244. The van der Waals surface area contributed by atoms with E-state index in [1.807, 2.05) is 31.2 Å². The quantitative estimate of drug-likeness (QED) is 0.695. The molecule has 3 aromatic rings. The van der Waals surface area contributed by atoms with E-state index in [0.717, 1.165) is 21.1 Å². The maximum absolute atomic E-state index is 11.4. The Morgan fingerprint density at radius 3 is 2.71 bits per heavy atom. The molecular formula is C14H12ClN3O2S. The Labute approximate surface area is 130 Å². The summed E-state index contributed by atoms with van der Waals surface area (Å²) in [4.78, 5) is 17.6. The molecule has 0 atom stereocenters. The molecule has 0 saturated carbocycles. The number of rotatable bonds is 3. The van der Waals surface area contributed by atoms with Crippen LogP contribution in [0.3, 0.4) is 0 Å². The highest BCUT2D eigenvalue weighted by atomic mass is 35.5. The Kier molecular flexibility index (Phi) is 3.65. The lowest BCUT2D eigenvalue weighted by Gasteiger charge is -1.98. The van der Waals surface area contributed by atoms with Crippen molar-refractivity contribution in [2.45, 2.75) is 13.3 Å². The van der Waals surface area contributed by atoms with Crippen molar-refractivity contribution in [3.8, 4) is 11.4 Å². The van der Waals surface area contributed by atoms with Crippen LogP contribution in [0.2, 0.25) is 5.02 Å². The first kappa shape index (κ1) is 14.0. The highest BCUT2D eigenvalue weighted by Gasteiger charge is 2.16. The molecule has 0 spiro atoms.